The fraction of sp³-hybridized carbons (Fsp3) is 0.581. The van der Waals surface area contributed by atoms with Crippen LogP contribution in [-0.2, 0) is 26.0 Å². The summed E-state index contributed by atoms with van der Waals surface area (Å²) in [6, 6.07) is 9.12. The van der Waals surface area contributed by atoms with E-state index in [2.05, 4.69) is 10.6 Å². The molecule has 2 bridgehead atoms. The molecule has 0 spiro atoms. The second kappa shape index (κ2) is 13.3. The maximum Gasteiger partial charge on any atom is 0.225 e. The second-order valence-corrected chi connectivity index (χ2v) is 14.6. The number of ether oxygens (including phenoxy) is 1. The maximum absolute atomic E-state index is 15.1. The molecule has 2 unspecified atom stereocenters. The van der Waals surface area contributed by atoms with Gasteiger partial charge in [0, 0.05) is 42.8 Å². The number of hydrogen-bond donors (Lipinski definition) is 2. The zero-order valence-corrected chi connectivity index (χ0v) is 25.7. The summed E-state index contributed by atoms with van der Waals surface area (Å²) in [7, 11) is -3.36. The second-order valence-electron chi connectivity index (χ2n) is 12.1. The molecule has 230 valence electrons. The maximum atomic E-state index is 15.1. The lowest BCUT2D eigenvalue weighted by molar-refractivity contribution is -0.117. The minimum atomic E-state index is -3.36. The average molecular weight is 624 g/mol. The van der Waals surface area contributed by atoms with E-state index in [-0.39, 0.29) is 65.7 Å². The van der Waals surface area contributed by atoms with E-state index in [1.165, 1.54) is 18.2 Å². The van der Waals surface area contributed by atoms with E-state index >= 15 is 4.39 Å². The van der Waals surface area contributed by atoms with Crippen molar-refractivity contribution in [1.29, 1.82) is 0 Å². The Balaban J connectivity index is 1.32. The number of carbonyl (C=O) groups is 1. The van der Waals surface area contributed by atoms with Crippen LogP contribution in [0.15, 0.2) is 36.4 Å². The number of piperazine rings is 1. The van der Waals surface area contributed by atoms with Crippen LogP contribution in [0.5, 0.6) is 0 Å². The number of nitrogens with one attached hydrogen (secondary N) is 2. The monoisotopic (exact) mass is 623 g/mol. The normalized spacial score (nSPS) is 29.8. The quantitative estimate of drug-likeness (QED) is 0.398. The van der Waals surface area contributed by atoms with Crippen LogP contribution in [0.4, 0.5) is 14.5 Å². The van der Waals surface area contributed by atoms with Crippen molar-refractivity contribution < 1.29 is 26.7 Å². The zero-order valence-electron chi connectivity index (χ0n) is 24.1. The van der Waals surface area contributed by atoms with E-state index in [0.29, 0.717) is 42.7 Å². The first-order valence-corrected chi connectivity index (χ1v) is 16.9. The molecular weight excluding hydrogens is 584 g/mol. The molecule has 42 heavy (non-hydrogen) atoms. The first-order valence-electron chi connectivity index (χ1n) is 14.9. The predicted molar refractivity (Wildman–Crippen MR) is 160 cm³/mol. The minimum Gasteiger partial charge on any atom is -0.376 e. The third kappa shape index (κ3) is 7.33. The number of nitrogens with zero attached hydrogens (tertiary/aromatic N) is 1. The Hall–Kier alpha value is -2.11. The number of carbonyl (C=O) groups excluding carboxylic acids is 1. The van der Waals surface area contributed by atoms with Crippen molar-refractivity contribution >= 4 is 33.2 Å². The molecule has 0 saturated carbocycles. The number of sulfonamides is 1. The molecule has 0 aromatic heterocycles. The zero-order chi connectivity index (χ0) is 30.0. The molecule has 0 aliphatic carbocycles. The lowest BCUT2D eigenvalue weighted by Crippen LogP contribution is -2.57. The molecule has 2 aromatic rings. The third-order valence-corrected chi connectivity index (χ3v) is 11.2. The number of benzene rings is 2. The Labute approximate surface area is 252 Å². The molecule has 2 aromatic carbocycles. The summed E-state index contributed by atoms with van der Waals surface area (Å²) in [4.78, 5) is 13.5. The van der Waals surface area contributed by atoms with Crippen LogP contribution < -0.4 is 10.6 Å². The molecule has 0 radical (unpaired) electrons. The van der Waals surface area contributed by atoms with Gasteiger partial charge in [0.15, 0.2) is 0 Å². The summed E-state index contributed by atoms with van der Waals surface area (Å²) >= 11 is 5.95. The Morgan fingerprint density at radius 1 is 1.17 bits per heavy atom. The highest BCUT2D eigenvalue weighted by Gasteiger charge is 2.38. The highest BCUT2D eigenvalue weighted by molar-refractivity contribution is 7.89. The molecular formula is C31H40ClF2N3O4S. The van der Waals surface area contributed by atoms with E-state index in [9.17, 15) is 17.6 Å². The lowest BCUT2D eigenvalue weighted by atomic mass is 9.76. The number of rotatable bonds is 8. The molecule has 3 saturated heterocycles. The van der Waals surface area contributed by atoms with Crippen molar-refractivity contribution in [1.82, 2.24) is 9.62 Å². The van der Waals surface area contributed by atoms with Crippen LogP contribution in [0, 0.1) is 17.6 Å². The topological polar surface area (TPSA) is 87.7 Å². The first-order chi connectivity index (χ1) is 20.0. The highest BCUT2D eigenvalue weighted by Crippen LogP contribution is 2.40. The van der Waals surface area contributed by atoms with Crippen LogP contribution >= 0.6 is 11.6 Å². The van der Waals surface area contributed by atoms with Crippen molar-refractivity contribution in [2.75, 3.05) is 24.2 Å². The first kappa shape index (κ1) is 31.3. The van der Waals surface area contributed by atoms with Gasteiger partial charge < -0.3 is 15.4 Å². The van der Waals surface area contributed by atoms with Gasteiger partial charge in [0.2, 0.25) is 15.9 Å². The van der Waals surface area contributed by atoms with Crippen LogP contribution in [0.3, 0.4) is 0 Å². The van der Waals surface area contributed by atoms with E-state index < -0.39 is 21.7 Å². The summed E-state index contributed by atoms with van der Waals surface area (Å²) in [5.74, 6) is -1.35. The van der Waals surface area contributed by atoms with Gasteiger partial charge in [-0.2, -0.15) is 4.31 Å². The third-order valence-electron chi connectivity index (χ3n) is 8.96. The molecule has 1 amide bonds. The van der Waals surface area contributed by atoms with Gasteiger partial charge in [-0.1, -0.05) is 23.7 Å². The Kier molecular flexibility index (Phi) is 9.89. The standard InChI is InChI=1S/C31H40ClF2N3O4S/c1-19-13-22(14-20(2)41-19)26(21-8-11-27(32)29(34)15-21)16-31(38)36-30-7-3-6-28(33)25(30)10-9-24-17-35-23-5-4-12-42(39,40)37(24)18-23/h3,6-8,11,15,19-20,22-24,26,35H,4-5,9-10,12-14,16-18H2,1-2H3,(H,36,38)/t19-,20+,22?,23-,24+,26+/m1/s1. The van der Waals surface area contributed by atoms with Gasteiger partial charge in [-0.25, -0.2) is 17.2 Å². The largest absolute Gasteiger partial charge is 0.376 e. The number of halogens is 3. The highest BCUT2D eigenvalue weighted by atomic mass is 35.5. The summed E-state index contributed by atoms with van der Waals surface area (Å²) in [5.41, 5.74) is 1.41. The van der Waals surface area contributed by atoms with Gasteiger partial charge in [0.05, 0.1) is 23.0 Å². The van der Waals surface area contributed by atoms with Crippen molar-refractivity contribution in [3.05, 3.63) is 64.2 Å². The summed E-state index contributed by atoms with van der Waals surface area (Å²) < 4.78 is 62.9. The Morgan fingerprint density at radius 2 is 1.93 bits per heavy atom. The fourth-order valence-electron chi connectivity index (χ4n) is 6.97. The molecule has 2 N–H and O–H groups in total. The molecule has 11 heteroatoms. The smallest absolute Gasteiger partial charge is 0.225 e. The Bertz CT molecular complexity index is 1380. The molecule has 3 aliphatic heterocycles. The number of hydrogen-bond acceptors (Lipinski definition) is 5. The van der Waals surface area contributed by atoms with Crippen molar-refractivity contribution in [2.45, 2.75) is 89.0 Å². The molecule has 3 aliphatic rings. The molecule has 7 atom stereocenters. The van der Waals surface area contributed by atoms with Gasteiger partial charge in [-0.3, -0.25) is 4.79 Å². The van der Waals surface area contributed by atoms with Crippen molar-refractivity contribution in [3.8, 4) is 0 Å². The van der Waals surface area contributed by atoms with Gasteiger partial charge in [-0.15, -0.1) is 0 Å². The van der Waals surface area contributed by atoms with Gasteiger partial charge in [0.1, 0.15) is 11.6 Å². The summed E-state index contributed by atoms with van der Waals surface area (Å²) in [6.07, 6.45) is 3.70. The molecule has 7 nitrogen and oxygen atoms in total. The fourth-order valence-corrected chi connectivity index (χ4v) is 8.90. The van der Waals surface area contributed by atoms with Crippen LogP contribution in [0.25, 0.3) is 0 Å². The van der Waals surface area contributed by atoms with Crippen molar-refractivity contribution in [2.24, 2.45) is 5.92 Å². The van der Waals surface area contributed by atoms with Crippen molar-refractivity contribution in [3.63, 3.8) is 0 Å². The minimum absolute atomic E-state index is 0.00820. The average Bonchev–Trinajstić information content (AvgIpc) is 3.04. The molecule has 3 fully saturated rings. The van der Waals surface area contributed by atoms with E-state index in [1.54, 1.807) is 22.5 Å². The van der Waals surface area contributed by atoms with E-state index in [4.69, 9.17) is 16.3 Å². The predicted octanol–water partition coefficient (Wildman–Crippen LogP) is 5.63. The van der Waals surface area contributed by atoms with Gasteiger partial charge >= 0.3 is 0 Å². The Morgan fingerprint density at radius 3 is 2.67 bits per heavy atom. The molecule has 3 heterocycles. The van der Waals surface area contributed by atoms with Crippen LogP contribution in [0.2, 0.25) is 5.02 Å². The summed E-state index contributed by atoms with van der Waals surface area (Å²) in [5, 5.41) is 6.39. The summed E-state index contributed by atoms with van der Waals surface area (Å²) in [6.45, 7) is 4.95. The lowest BCUT2D eigenvalue weighted by Gasteiger charge is -2.37. The SMILES string of the molecule is C[C@@H]1CC([C@@H](CC(=O)Nc2cccc(F)c2CC[C@H]2CN[C@@H]3CCCS(=O)(=O)N2C3)c2ccc(Cl)c(F)c2)C[C@H](C)O1. The number of fused-ring (bicyclic) bond motifs is 2. The number of anilines is 1. The number of amides is 1. The molecule has 5 rings (SSSR count). The van der Waals surface area contributed by atoms with Crippen LogP contribution in [-0.4, -0.2) is 61.8 Å². The van der Waals surface area contributed by atoms with Crippen LogP contribution in [0.1, 0.15) is 69.4 Å². The van der Waals surface area contributed by atoms with Gasteiger partial charge in [-0.05, 0) is 94.0 Å². The van der Waals surface area contributed by atoms with E-state index in [1.807, 2.05) is 13.8 Å². The van der Waals surface area contributed by atoms with E-state index in [0.717, 1.165) is 19.3 Å². The van der Waals surface area contributed by atoms with Gasteiger partial charge in [0.25, 0.3) is 0 Å².